The molecule has 1 aromatic heterocycles. The average Bonchev–Trinajstić information content (AvgIpc) is 2.69. The molecule has 0 aliphatic rings. The fraction of sp³-hybridized carbons (Fsp3) is 0.308. The van der Waals surface area contributed by atoms with Crippen LogP contribution in [-0.4, -0.2) is 11.5 Å². The van der Waals surface area contributed by atoms with Crippen LogP contribution in [0.5, 0.6) is 0 Å². The minimum atomic E-state index is 0.789. The summed E-state index contributed by atoms with van der Waals surface area (Å²) >= 11 is 5.17. The zero-order valence-corrected chi connectivity index (χ0v) is 12.6. The van der Waals surface area contributed by atoms with Gasteiger partial charge in [-0.2, -0.15) is 0 Å². The van der Waals surface area contributed by atoms with E-state index in [4.69, 9.17) is 5.73 Å². The van der Waals surface area contributed by atoms with E-state index in [0.29, 0.717) is 0 Å². The molecule has 3 N–H and O–H groups in total. The molecular weight excluding hydrogens is 310 g/mol. The molecule has 0 bridgehead atoms. The maximum Gasteiger partial charge on any atom is 0.0940 e. The number of nitrogens with two attached hydrogens (primary N) is 1. The van der Waals surface area contributed by atoms with Crippen LogP contribution in [-0.2, 0) is 13.0 Å². The third-order valence-corrected chi connectivity index (χ3v) is 3.98. The molecule has 0 aliphatic heterocycles. The van der Waals surface area contributed by atoms with Gasteiger partial charge in [0.1, 0.15) is 0 Å². The Morgan fingerprint density at radius 2 is 2.22 bits per heavy atom. The van der Waals surface area contributed by atoms with E-state index in [-0.39, 0.29) is 0 Å². The van der Waals surface area contributed by atoms with Crippen LogP contribution in [0.2, 0.25) is 0 Å². The van der Waals surface area contributed by atoms with Crippen molar-refractivity contribution < 1.29 is 0 Å². The van der Waals surface area contributed by atoms with Gasteiger partial charge in [0.25, 0.3) is 0 Å². The molecule has 0 saturated carbocycles. The minimum Gasteiger partial charge on any atom is -0.399 e. The Morgan fingerprint density at radius 3 is 2.89 bits per heavy atom. The lowest BCUT2D eigenvalue weighted by molar-refractivity contribution is 0.684. The fourth-order valence-electron chi connectivity index (χ4n) is 1.72. The summed E-state index contributed by atoms with van der Waals surface area (Å²) in [5.41, 5.74) is 8.88. The molecule has 2 rings (SSSR count). The third-order valence-electron chi connectivity index (χ3n) is 2.49. The normalized spacial score (nSPS) is 10.8. The summed E-state index contributed by atoms with van der Waals surface area (Å²) in [6.45, 7) is 3.78. The van der Waals surface area contributed by atoms with Crippen LogP contribution in [0.3, 0.4) is 0 Å². The Hall–Kier alpha value is -0.910. The molecule has 0 fully saturated rings. The fourth-order valence-corrected chi connectivity index (χ4v) is 3.06. The summed E-state index contributed by atoms with van der Waals surface area (Å²) in [6.07, 6.45) is 0.974. The monoisotopic (exact) mass is 325 g/mol. The van der Waals surface area contributed by atoms with E-state index >= 15 is 0 Å². The first kappa shape index (κ1) is 13.5. The Balaban J connectivity index is 1.78. The van der Waals surface area contributed by atoms with Gasteiger partial charge in [0, 0.05) is 40.7 Å². The molecule has 0 spiro atoms. The van der Waals surface area contributed by atoms with E-state index < -0.39 is 0 Å². The van der Waals surface area contributed by atoms with Crippen LogP contribution in [0, 0.1) is 6.92 Å². The quantitative estimate of drug-likeness (QED) is 0.656. The van der Waals surface area contributed by atoms with Crippen LogP contribution in [0.25, 0.3) is 0 Å². The molecule has 96 valence electrons. The first-order chi connectivity index (χ1) is 8.63. The van der Waals surface area contributed by atoms with Gasteiger partial charge in [-0.3, -0.25) is 0 Å². The Bertz CT molecular complexity index is 504. The van der Waals surface area contributed by atoms with Crippen LogP contribution < -0.4 is 11.1 Å². The zero-order valence-electron chi connectivity index (χ0n) is 10.2. The second-order valence-electron chi connectivity index (χ2n) is 4.20. The van der Waals surface area contributed by atoms with Crippen molar-refractivity contribution in [3.8, 4) is 0 Å². The average molecular weight is 326 g/mol. The number of hydrogen-bond acceptors (Lipinski definition) is 4. The van der Waals surface area contributed by atoms with Crippen molar-refractivity contribution in [1.82, 2.24) is 10.3 Å². The maximum atomic E-state index is 5.79. The highest BCUT2D eigenvalue weighted by molar-refractivity contribution is 9.10. The number of benzene rings is 1. The molecule has 1 aromatic carbocycles. The predicted molar refractivity (Wildman–Crippen MR) is 80.8 cm³/mol. The molecule has 0 saturated heterocycles. The molecule has 0 unspecified atom stereocenters. The summed E-state index contributed by atoms with van der Waals surface area (Å²) in [6, 6.07) is 5.98. The SMILES string of the molecule is Cc1csc(CCNCc2cc(N)cc(Br)c2)n1. The zero-order chi connectivity index (χ0) is 13.0. The predicted octanol–water partition coefficient (Wildman–Crippen LogP) is 3.13. The maximum absolute atomic E-state index is 5.79. The summed E-state index contributed by atoms with van der Waals surface area (Å²) in [5.74, 6) is 0. The number of nitrogens with one attached hydrogen (secondary N) is 1. The summed E-state index contributed by atoms with van der Waals surface area (Å²) in [5, 5.41) is 6.68. The number of nitrogen functional groups attached to an aromatic ring is 1. The third kappa shape index (κ3) is 4.08. The number of nitrogens with zero attached hydrogens (tertiary/aromatic N) is 1. The second-order valence-corrected chi connectivity index (χ2v) is 6.06. The van der Waals surface area contributed by atoms with E-state index in [9.17, 15) is 0 Å². The standard InChI is InChI=1S/C13H16BrN3S/c1-9-8-18-13(17-9)2-3-16-7-10-4-11(14)6-12(15)5-10/h4-6,8,16H,2-3,7,15H2,1H3. The molecule has 5 heteroatoms. The van der Waals surface area contributed by atoms with Crippen molar-refractivity contribution >= 4 is 33.0 Å². The molecular formula is C13H16BrN3S. The summed E-state index contributed by atoms with van der Waals surface area (Å²) in [7, 11) is 0. The van der Waals surface area contributed by atoms with Crippen molar-refractivity contribution in [1.29, 1.82) is 0 Å². The van der Waals surface area contributed by atoms with E-state index in [0.717, 1.165) is 35.4 Å². The van der Waals surface area contributed by atoms with Gasteiger partial charge in [-0.25, -0.2) is 4.98 Å². The number of rotatable bonds is 5. The summed E-state index contributed by atoms with van der Waals surface area (Å²) < 4.78 is 1.02. The van der Waals surface area contributed by atoms with Crippen LogP contribution >= 0.6 is 27.3 Å². The van der Waals surface area contributed by atoms with Crippen molar-refractivity contribution in [3.63, 3.8) is 0 Å². The lowest BCUT2D eigenvalue weighted by atomic mass is 10.2. The number of halogens is 1. The van der Waals surface area contributed by atoms with Crippen molar-refractivity contribution in [3.05, 3.63) is 44.3 Å². The first-order valence-corrected chi connectivity index (χ1v) is 7.47. The van der Waals surface area contributed by atoms with E-state index in [1.807, 2.05) is 19.1 Å². The Labute approximate surface area is 120 Å². The number of aromatic nitrogens is 1. The first-order valence-electron chi connectivity index (χ1n) is 5.80. The largest absolute Gasteiger partial charge is 0.399 e. The van der Waals surface area contributed by atoms with Gasteiger partial charge < -0.3 is 11.1 Å². The van der Waals surface area contributed by atoms with E-state index in [1.54, 1.807) is 11.3 Å². The highest BCUT2D eigenvalue weighted by Crippen LogP contribution is 2.17. The van der Waals surface area contributed by atoms with Crippen LogP contribution in [0.4, 0.5) is 5.69 Å². The molecule has 0 radical (unpaired) electrons. The topological polar surface area (TPSA) is 50.9 Å². The van der Waals surface area contributed by atoms with Crippen LogP contribution in [0.1, 0.15) is 16.3 Å². The van der Waals surface area contributed by atoms with Gasteiger partial charge in [0.2, 0.25) is 0 Å². The molecule has 3 nitrogen and oxygen atoms in total. The number of hydrogen-bond donors (Lipinski definition) is 2. The number of anilines is 1. The van der Waals surface area contributed by atoms with E-state index in [1.165, 1.54) is 10.6 Å². The highest BCUT2D eigenvalue weighted by Gasteiger charge is 2.00. The van der Waals surface area contributed by atoms with Crippen molar-refractivity contribution in [2.45, 2.75) is 19.9 Å². The highest BCUT2D eigenvalue weighted by atomic mass is 79.9. The van der Waals surface area contributed by atoms with E-state index in [2.05, 4.69) is 37.7 Å². The molecule has 0 amide bonds. The molecule has 0 atom stereocenters. The minimum absolute atomic E-state index is 0.789. The number of aryl methyl sites for hydroxylation is 1. The van der Waals surface area contributed by atoms with Gasteiger partial charge in [-0.15, -0.1) is 11.3 Å². The van der Waals surface area contributed by atoms with Gasteiger partial charge >= 0.3 is 0 Å². The van der Waals surface area contributed by atoms with Gasteiger partial charge in [-0.05, 0) is 30.7 Å². The summed E-state index contributed by atoms with van der Waals surface area (Å²) in [4.78, 5) is 4.43. The van der Waals surface area contributed by atoms with Crippen molar-refractivity contribution in [2.75, 3.05) is 12.3 Å². The van der Waals surface area contributed by atoms with Gasteiger partial charge in [0.05, 0.1) is 5.01 Å². The Morgan fingerprint density at radius 1 is 1.39 bits per heavy atom. The lowest BCUT2D eigenvalue weighted by Gasteiger charge is -2.05. The molecule has 18 heavy (non-hydrogen) atoms. The van der Waals surface area contributed by atoms with Crippen molar-refractivity contribution in [2.24, 2.45) is 0 Å². The molecule has 2 aromatic rings. The molecule has 1 heterocycles. The molecule has 0 aliphatic carbocycles. The lowest BCUT2D eigenvalue weighted by Crippen LogP contribution is -2.16. The number of thiazole rings is 1. The Kier molecular flexibility index (Phi) is 4.74. The van der Waals surface area contributed by atoms with Gasteiger partial charge in [-0.1, -0.05) is 15.9 Å². The van der Waals surface area contributed by atoms with Crippen LogP contribution in [0.15, 0.2) is 28.1 Å². The smallest absolute Gasteiger partial charge is 0.0940 e. The van der Waals surface area contributed by atoms with Gasteiger partial charge in [0.15, 0.2) is 0 Å². The second kappa shape index (κ2) is 6.31.